The Kier molecular flexibility index (Phi) is 5.69. The fourth-order valence-corrected chi connectivity index (χ4v) is 3.97. The first-order valence-electron chi connectivity index (χ1n) is 9.64. The zero-order valence-corrected chi connectivity index (χ0v) is 16.1. The Morgan fingerprint density at radius 3 is 2.68 bits per heavy atom. The molecule has 0 unspecified atom stereocenters. The second-order valence-corrected chi connectivity index (χ2v) is 7.43. The Morgan fingerprint density at radius 2 is 1.93 bits per heavy atom. The van der Waals surface area contributed by atoms with E-state index in [1.54, 1.807) is 13.3 Å². The van der Waals surface area contributed by atoms with E-state index in [1.165, 1.54) is 11.1 Å². The second-order valence-electron chi connectivity index (χ2n) is 7.43. The van der Waals surface area contributed by atoms with Gasteiger partial charge >= 0.3 is 0 Å². The van der Waals surface area contributed by atoms with Crippen LogP contribution >= 0.6 is 0 Å². The second kappa shape index (κ2) is 8.54. The molecule has 0 radical (unpaired) electrons. The maximum absolute atomic E-state index is 10.5. The number of hydrogen-bond donors (Lipinski definition) is 1. The van der Waals surface area contributed by atoms with Gasteiger partial charge in [-0.25, -0.2) is 0 Å². The summed E-state index contributed by atoms with van der Waals surface area (Å²) < 4.78 is 7.41. The van der Waals surface area contributed by atoms with Crippen molar-refractivity contribution in [2.75, 3.05) is 20.2 Å². The number of methoxy groups -OCH3 is 1. The largest absolute Gasteiger partial charge is 0.496 e. The first-order chi connectivity index (χ1) is 13.7. The van der Waals surface area contributed by atoms with Crippen LogP contribution in [0.3, 0.4) is 0 Å². The molecule has 0 amide bonds. The van der Waals surface area contributed by atoms with Gasteiger partial charge in [-0.15, -0.1) is 0 Å². The number of aliphatic hydroxyl groups is 1. The number of pyridine rings is 1. The average molecular weight is 378 g/mol. The fourth-order valence-electron chi connectivity index (χ4n) is 3.97. The lowest BCUT2D eigenvalue weighted by Crippen LogP contribution is -2.21. The van der Waals surface area contributed by atoms with Crippen LogP contribution in [0, 0.1) is 5.92 Å². The van der Waals surface area contributed by atoms with E-state index in [0.717, 1.165) is 30.8 Å². The maximum atomic E-state index is 10.5. The molecule has 28 heavy (non-hydrogen) atoms. The van der Waals surface area contributed by atoms with Crippen LogP contribution in [0.25, 0.3) is 0 Å². The number of nitrogens with zero attached hydrogens (tertiary/aromatic N) is 4. The molecule has 0 aliphatic carbocycles. The van der Waals surface area contributed by atoms with Crippen molar-refractivity contribution in [2.45, 2.75) is 25.6 Å². The van der Waals surface area contributed by atoms with Crippen LogP contribution in [0.1, 0.15) is 16.7 Å². The quantitative estimate of drug-likeness (QED) is 0.684. The van der Waals surface area contributed by atoms with Gasteiger partial charge in [-0.2, -0.15) is 5.10 Å². The molecule has 6 heteroatoms. The molecule has 3 heterocycles. The lowest BCUT2D eigenvalue weighted by molar-refractivity contribution is 0.141. The van der Waals surface area contributed by atoms with Crippen LogP contribution in [-0.4, -0.2) is 51.1 Å². The predicted molar refractivity (Wildman–Crippen MR) is 107 cm³/mol. The number of likely N-dealkylation sites (tertiary alicyclic amines) is 1. The number of aromatic nitrogens is 3. The Hall–Kier alpha value is -2.70. The van der Waals surface area contributed by atoms with E-state index in [2.05, 4.69) is 27.1 Å². The summed E-state index contributed by atoms with van der Waals surface area (Å²) in [6.07, 6.45) is 7.94. The number of β-amino-alcohol motifs (C(OH)–C–C–N with tert-alkyl or cyclic N) is 1. The van der Waals surface area contributed by atoms with Gasteiger partial charge in [-0.1, -0.05) is 6.07 Å². The van der Waals surface area contributed by atoms with Crippen LogP contribution in [0.4, 0.5) is 0 Å². The Labute approximate surface area is 165 Å². The highest BCUT2D eigenvalue weighted by atomic mass is 16.5. The Morgan fingerprint density at radius 1 is 1.07 bits per heavy atom. The summed E-state index contributed by atoms with van der Waals surface area (Å²) in [7, 11) is 1.70. The predicted octanol–water partition coefficient (Wildman–Crippen LogP) is 2.37. The summed E-state index contributed by atoms with van der Waals surface area (Å²) in [5, 5.41) is 14.8. The normalized spacial score (nSPS) is 19.8. The van der Waals surface area contributed by atoms with Gasteiger partial charge in [-0.05, 0) is 47.9 Å². The highest BCUT2D eigenvalue weighted by Crippen LogP contribution is 2.25. The van der Waals surface area contributed by atoms with E-state index in [-0.39, 0.29) is 12.0 Å². The van der Waals surface area contributed by atoms with Gasteiger partial charge in [0.2, 0.25) is 0 Å². The highest BCUT2D eigenvalue weighted by Gasteiger charge is 2.31. The third-order valence-corrected chi connectivity index (χ3v) is 5.37. The molecule has 1 aromatic carbocycles. The number of ether oxygens (including phenoxy) is 1. The smallest absolute Gasteiger partial charge is 0.123 e. The van der Waals surface area contributed by atoms with Crippen molar-refractivity contribution in [2.24, 2.45) is 5.92 Å². The van der Waals surface area contributed by atoms with E-state index < -0.39 is 0 Å². The molecule has 0 bridgehead atoms. The molecule has 2 atom stereocenters. The summed E-state index contributed by atoms with van der Waals surface area (Å²) in [4.78, 5) is 6.40. The highest BCUT2D eigenvalue weighted by molar-refractivity contribution is 5.37. The topological polar surface area (TPSA) is 63.4 Å². The first kappa shape index (κ1) is 18.7. The van der Waals surface area contributed by atoms with E-state index in [0.29, 0.717) is 13.1 Å². The van der Waals surface area contributed by atoms with E-state index in [9.17, 15) is 5.11 Å². The minimum absolute atomic E-state index is 0.254. The van der Waals surface area contributed by atoms with Crippen LogP contribution in [0.5, 0.6) is 5.75 Å². The van der Waals surface area contributed by atoms with Crippen LogP contribution in [0.15, 0.2) is 61.2 Å². The Balaban J connectivity index is 1.42. The minimum Gasteiger partial charge on any atom is -0.496 e. The summed E-state index contributed by atoms with van der Waals surface area (Å²) in [5.74, 6) is 1.13. The van der Waals surface area contributed by atoms with Gasteiger partial charge in [0, 0.05) is 55.9 Å². The third kappa shape index (κ3) is 4.40. The van der Waals surface area contributed by atoms with Gasteiger partial charge in [0.05, 0.1) is 19.8 Å². The average Bonchev–Trinajstić information content (AvgIpc) is 3.33. The molecule has 146 valence electrons. The zero-order valence-electron chi connectivity index (χ0n) is 16.1. The van der Waals surface area contributed by atoms with E-state index >= 15 is 0 Å². The molecular weight excluding hydrogens is 352 g/mol. The molecule has 1 N–H and O–H groups in total. The molecule has 1 saturated heterocycles. The minimum atomic E-state index is -0.296. The van der Waals surface area contributed by atoms with Gasteiger partial charge in [0.25, 0.3) is 0 Å². The van der Waals surface area contributed by atoms with Crippen LogP contribution < -0.4 is 4.74 Å². The molecule has 1 aliphatic heterocycles. The number of benzene rings is 1. The lowest BCUT2D eigenvalue weighted by Gasteiger charge is -2.17. The van der Waals surface area contributed by atoms with Gasteiger partial charge < -0.3 is 9.84 Å². The molecule has 3 aromatic rings. The SMILES string of the molecule is COc1ccc(CN2C[C@@H](Cc3ccncc3)[C@H](O)C2)cc1Cn1cccn1. The molecule has 1 fully saturated rings. The summed E-state index contributed by atoms with van der Waals surface area (Å²) in [6.45, 7) is 3.09. The van der Waals surface area contributed by atoms with Crippen molar-refractivity contribution in [3.63, 3.8) is 0 Å². The maximum Gasteiger partial charge on any atom is 0.123 e. The van der Waals surface area contributed by atoms with Crippen LogP contribution in [0.2, 0.25) is 0 Å². The van der Waals surface area contributed by atoms with Crippen molar-refractivity contribution in [3.05, 3.63) is 77.9 Å². The van der Waals surface area contributed by atoms with Gasteiger partial charge in [-0.3, -0.25) is 14.6 Å². The zero-order chi connectivity index (χ0) is 19.3. The van der Waals surface area contributed by atoms with Crippen molar-refractivity contribution in [3.8, 4) is 5.75 Å². The number of hydrogen-bond acceptors (Lipinski definition) is 5. The van der Waals surface area contributed by atoms with Crippen molar-refractivity contribution in [1.82, 2.24) is 19.7 Å². The van der Waals surface area contributed by atoms with Crippen molar-refractivity contribution < 1.29 is 9.84 Å². The third-order valence-electron chi connectivity index (χ3n) is 5.37. The summed E-state index contributed by atoms with van der Waals surface area (Å²) in [6, 6.07) is 12.3. The molecule has 2 aromatic heterocycles. The van der Waals surface area contributed by atoms with Crippen molar-refractivity contribution in [1.29, 1.82) is 0 Å². The fraction of sp³-hybridized carbons (Fsp3) is 0.364. The number of aliphatic hydroxyl groups excluding tert-OH is 1. The molecule has 0 saturated carbocycles. The standard InChI is InChI=1S/C22H26N4O2/c1-28-22-4-3-18(12-20(22)15-26-10-2-7-24-26)13-25-14-19(21(27)16-25)11-17-5-8-23-9-6-17/h2-10,12,19,21,27H,11,13-16H2,1H3/t19-,21-/m1/s1. The Bertz CT molecular complexity index is 883. The molecule has 1 aliphatic rings. The summed E-state index contributed by atoms with van der Waals surface area (Å²) in [5.41, 5.74) is 3.56. The molecule has 4 rings (SSSR count). The molecular formula is C22H26N4O2. The van der Waals surface area contributed by atoms with E-state index in [1.807, 2.05) is 47.5 Å². The number of rotatable bonds is 7. The van der Waals surface area contributed by atoms with Gasteiger partial charge in [0.1, 0.15) is 5.75 Å². The van der Waals surface area contributed by atoms with Gasteiger partial charge in [0.15, 0.2) is 0 Å². The molecule has 6 nitrogen and oxygen atoms in total. The monoisotopic (exact) mass is 378 g/mol. The van der Waals surface area contributed by atoms with Crippen LogP contribution in [-0.2, 0) is 19.5 Å². The van der Waals surface area contributed by atoms with E-state index in [4.69, 9.17) is 4.74 Å². The lowest BCUT2D eigenvalue weighted by atomic mass is 9.97. The first-order valence-corrected chi connectivity index (χ1v) is 9.64. The van der Waals surface area contributed by atoms with Crippen molar-refractivity contribution >= 4 is 0 Å². The summed E-state index contributed by atoms with van der Waals surface area (Å²) >= 11 is 0. The molecule has 0 spiro atoms.